The zero-order chi connectivity index (χ0) is 11.8. The summed E-state index contributed by atoms with van der Waals surface area (Å²) in [7, 11) is 0. The van der Waals surface area contributed by atoms with E-state index in [1.165, 1.54) is 43.7 Å². The Balaban J connectivity index is 1.82. The lowest BCUT2D eigenvalue weighted by atomic mass is 10.1. The van der Waals surface area contributed by atoms with Crippen LogP contribution in [-0.4, -0.2) is 37.1 Å². The normalized spacial score (nSPS) is 25.0. The lowest BCUT2D eigenvalue weighted by Crippen LogP contribution is -2.50. The molecule has 92 valence electrons. The van der Waals surface area contributed by atoms with Crippen LogP contribution in [0.3, 0.4) is 0 Å². The zero-order valence-electron chi connectivity index (χ0n) is 10.5. The van der Waals surface area contributed by atoms with Crippen LogP contribution in [0.2, 0.25) is 0 Å². The summed E-state index contributed by atoms with van der Waals surface area (Å²) in [5.41, 5.74) is 9.48. The van der Waals surface area contributed by atoms with Crippen LogP contribution in [0.5, 0.6) is 0 Å². The summed E-state index contributed by atoms with van der Waals surface area (Å²) in [5.74, 6) is 0. The van der Waals surface area contributed by atoms with E-state index in [1.807, 2.05) is 6.07 Å². The van der Waals surface area contributed by atoms with Crippen LogP contribution in [-0.2, 0) is 0 Å². The molecule has 1 aromatic carbocycles. The van der Waals surface area contributed by atoms with Gasteiger partial charge in [0, 0.05) is 37.1 Å². The Bertz CT molecular complexity index is 416. The quantitative estimate of drug-likeness (QED) is 0.749. The van der Waals surface area contributed by atoms with Gasteiger partial charge in [-0.2, -0.15) is 0 Å². The monoisotopic (exact) mass is 231 g/mol. The van der Waals surface area contributed by atoms with Crippen molar-refractivity contribution in [3.63, 3.8) is 0 Å². The summed E-state index contributed by atoms with van der Waals surface area (Å²) in [4.78, 5) is 5.15. The topological polar surface area (TPSA) is 32.5 Å². The van der Waals surface area contributed by atoms with E-state index in [0.717, 1.165) is 18.3 Å². The van der Waals surface area contributed by atoms with Crippen LogP contribution >= 0.6 is 0 Å². The van der Waals surface area contributed by atoms with Crippen LogP contribution in [0.1, 0.15) is 18.4 Å². The predicted octanol–water partition coefficient (Wildman–Crippen LogP) is 1.86. The molecule has 0 aromatic heterocycles. The molecule has 2 aliphatic rings. The van der Waals surface area contributed by atoms with Gasteiger partial charge in [0.05, 0.1) is 0 Å². The molecule has 2 N–H and O–H groups in total. The molecule has 2 aliphatic heterocycles. The van der Waals surface area contributed by atoms with Gasteiger partial charge in [-0.15, -0.1) is 0 Å². The number of benzene rings is 1. The van der Waals surface area contributed by atoms with Crippen LogP contribution in [0.15, 0.2) is 18.2 Å². The fourth-order valence-corrected chi connectivity index (χ4v) is 3.19. The van der Waals surface area contributed by atoms with E-state index in [1.54, 1.807) is 0 Å². The maximum Gasteiger partial charge on any atom is 0.0417 e. The first kappa shape index (κ1) is 10.9. The molecule has 0 radical (unpaired) electrons. The van der Waals surface area contributed by atoms with E-state index >= 15 is 0 Å². The van der Waals surface area contributed by atoms with Gasteiger partial charge in [-0.05, 0) is 44.0 Å². The van der Waals surface area contributed by atoms with Crippen molar-refractivity contribution < 1.29 is 0 Å². The van der Waals surface area contributed by atoms with Crippen LogP contribution in [0, 0.1) is 6.92 Å². The number of nitrogen functional groups attached to an aromatic ring is 1. The molecular formula is C14H21N3. The van der Waals surface area contributed by atoms with Crippen molar-refractivity contribution >= 4 is 11.4 Å². The summed E-state index contributed by atoms with van der Waals surface area (Å²) in [6.07, 6.45) is 2.73. The Labute approximate surface area is 103 Å². The predicted molar refractivity (Wildman–Crippen MR) is 72.4 cm³/mol. The molecule has 0 saturated carbocycles. The number of rotatable bonds is 1. The van der Waals surface area contributed by atoms with Gasteiger partial charge < -0.3 is 10.6 Å². The first-order valence-electron chi connectivity index (χ1n) is 6.60. The van der Waals surface area contributed by atoms with Gasteiger partial charge in [0.1, 0.15) is 0 Å². The average molecular weight is 231 g/mol. The number of piperazine rings is 1. The van der Waals surface area contributed by atoms with E-state index in [0.29, 0.717) is 0 Å². The molecule has 0 bridgehead atoms. The molecule has 3 rings (SSSR count). The van der Waals surface area contributed by atoms with Crippen molar-refractivity contribution in [2.45, 2.75) is 25.8 Å². The largest absolute Gasteiger partial charge is 0.398 e. The van der Waals surface area contributed by atoms with Crippen molar-refractivity contribution in [1.29, 1.82) is 0 Å². The fraction of sp³-hybridized carbons (Fsp3) is 0.571. The number of hydrogen-bond donors (Lipinski definition) is 1. The molecule has 0 spiro atoms. The highest BCUT2D eigenvalue weighted by Crippen LogP contribution is 2.29. The third-order valence-electron chi connectivity index (χ3n) is 4.28. The summed E-state index contributed by atoms with van der Waals surface area (Å²) < 4.78 is 0. The Hall–Kier alpha value is -1.22. The van der Waals surface area contributed by atoms with Gasteiger partial charge in [-0.1, -0.05) is 6.07 Å². The van der Waals surface area contributed by atoms with Crippen LogP contribution in [0.25, 0.3) is 0 Å². The van der Waals surface area contributed by atoms with Crippen LogP contribution in [0.4, 0.5) is 11.4 Å². The van der Waals surface area contributed by atoms with Crippen molar-refractivity contribution in [2.24, 2.45) is 0 Å². The maximum atomic E-state index is 6.00. The molecule has 2 heterocycles. The van der Waals surface area contributed by atoms with Gasteiger partial charge in [0.25, 0.3) is 0 Å². The Morgan fingerprint density at radius 2 is 2.12 bits per heavy atom. The molecule has 0 aliphatic carbocycles. The van der Waals surface area contributed by atoms with E-state index in [2.05, 4.69) is 28.9 Å². The van der Waals surface area contributed by atoms with Gasteiger partial charge in [-0.25, -0.2) is 0 Å². The Morgan fingerprint density at radius 1 is 1.24 bits per heavy atom. The lowest BCUT2D eigenvalue weighted by molar-refractivity contribution is 0.231. The number of nitrogens with two attached hydrogens (primary N) is 1. The summed E-state index contributed by atoms with van der Waals surface area (Å²) in [6.45, 7) is 6.95. The van der Waals surface area contributed by atoms with E-state index in [-0.39, 0.29) is 0 Å². The summed E-state index contributed by atoms with van der Waals surface area (Å²) in [6, 6.07) is 7.03. The van der Waals surface area contributed by atoms with Gasteiger partial charge in [0.2, 0.25) is 0 Å². The zero-order valence-corrected chi connectivity index (χ0v) is 10.5. The summed E-state index contributed by atoms with van der Waals surface area (Å²) in [5, 5.41) is 0. The number of hydrogen-bond acceptors (Lipinski definition) is 3. The van der Waals surface area contributed by atoms with Gasteiger partial charge in [0.15, 0.2) is 0 Å². The lowest BCUT2D eigenvalue weighted by Gasteiger charge is -2.39. The van der Waals surface area contributed by atoms with E-state index in [4.69, 9.17) is 5.73 Å². The highest BCUT2D eigenvalue weighted by Gasteiger charge is 2.30. The van der Waals surface area contributed by atoms with Crippen molar-refractivity contribution in [3.8, 4) is 0 Å². The molecular weight excluding hydrogens is 210 g/mol. The first-order valence-corrected chi connectivity index (χ1v) is 6.60. The van der Waals surface area contributed by atoms with Crippen molar-refractivity contribution in [3.05, 3.63) is 23.8 Å². The summed E-state index contributed by atoms with van der Waals surface area (Å²) >= 11 is 0. The average Bonchev–Trinajstić information content (AvgIpc) is 2.79. The highest BCUT2D eigenvalue weighted by atomic mass is 15.3. The highest BCUT2D eigenvalue weighted by molar-refractivity contribution is 5.64. The second-order valence-electron chi connectivity index (χ2n) is 5.27. The van der Waals surface area contributed by atoms with Crippen molar-refractivity contribution in [2.75, 3.05) is 36.8 Å². The number of anilines is 2. The van der Waals surface area contributed by atoms with Crippen LogP contribution < -0.4 is 10.6 Å². The molecule has 2 fully saturated rings. The van der Waals surface area contributed by atoms with Crippen molar-refractivity contribution in [1.82, 2.24) is 4.90 Å². The molecule has 3 nitrogen and oxygen atoms in total. The van der Waals surface area contributed by atoms with E-state index in [9.17, 15) is 0 Å². The maximum absolute atomic E-state index is 6.00. The van der Waals surface area contributed by atoms with Gasteiger partial charge in [-0.3, -0.25) is 4.90 Å². The molecule has 1 atom stereocenters. The first-order chi connectivity index (χ1) is 8.25. The smallest absolute Gasteiger partial charge is 0.0417 e. The second-order valence-corrected chi connectivity index (χ2v) is 5.27. The van der Waals surface area contributed by atoms with E-state index < -0.39 is 0 Å². The molecule has 3 heteroatoms. The second kappa shape index (κ2) is 4.22. The Kier molecular flexibility index (Phi) is 2.71. The fourth-order valence-electron chi connectivity index (χ4n) is 3.19. The molecule has 17 heavy (non-hydrogen) atoms. The standard InChI is InChI=1S/C14H21N3/c1-11-13(15)5-2-6-14(11)17-9-8-16-7-3-4-12(16)10-17/h2,5-6,12H,3-4,7-10,15H2,1H3. The minimum absolute atomic E-state index is 0.768. The number of fused-ring (bicyclic) bond motifs is 1. The molecule has 1 aromatic rings. The Morgan fingerprint density at radius 3 is 3.00 bits per heavy atom. The molecule has 0 amide bonds. The minimum Gasteiger partial charge on any atom is -0.398 e. The third kappa shape index (κ3) is 1.89. The third-order valence-corrected chi connectivity index (χ3v) is 4.28. The molecule has 1 unspecified atom stereocenters. The minimum atomic E-state index is 0.768. The van der Waals surface area contributed by atoms with Gasteiger partial charge >= 0.3 is 0 Å². The number of nitrogens with zero attached hydrogens (tertiary/aromatic N) is 2. The SMILES string of the molecule is Cc1c(N)cccc1N1CCN2CCCC2C1. The molecule has 2 saturated heterocycles.